The molecule has 0 amide bonds. The van der Waals surface area contributed by atoms with Crippen LogP contribution in [0.4, 0.5) is 4.48 Å². The third kappa shape index (κ3) is 4.52. The van der Waals surface area contributed by atoms with Gasteiger partial charge in [0.1, 0.15) is 5.75 Å². The summed E-state index contributed by atoms with van der Waals surface area (Å²) in [7, 11) is -2.61. The van der Waals surface area contributed by atoms with Gasteiger partial charge in [0.2, 0.25) is 0 Å². The molecule has 0 bridgehead atoms. The van der Waals surface area contributed by atoms with Crippen molar-refractivity contribution < 1.29 is 21.9 Å². The van der Waals surface area contributed by atoms with Gasteiger partial charge in [0, 0.05) is 0 Å². The van der Waals surface area contributed by atoms with Gasteiger partial charge in [0.05, 0.1) is 18.6 Å². The molecule has 5 nitrogen and oxygen atoms in total. The van der Waals surface area contributed by atoms with Crippen molar-refractivity contribution in [2.24, 2.45) is 0 Å². The van der Waals surface area contributed by atoms with Crippen LogP contribution in [0.15, 0.2) is 59.5 Å². The minimum absolute atomic E-state index is 0.0981. The van der Waals surface area contributed by atoms with E-state index in [9.17, 15) is 12.9 Å². The number of hydrogen-bond acceptors (Lipinski definition) is 5. The number of ether oxygens (including phenoxy) is 1. The van der Waals surface area contributed by atoms with Crippen molar-refractivity contribution in [2.75, 3.05) is 13.7 Å². The summed E-state index contributed by atoms with van der Waals surface area (Å²) in [5.41, 5.74) is 0.808. The van der Waals surface area contributed by atoms with Crippen LogP contribution < -0.4 is 4.74 Å². The van der Waals surface area contributed by atoms with Gasteiger partial charge >= 0.3 is 10.1 Å². The largest absolute Gasteiger partial charge is 0.497 e. The zero-order valence-electron chi connectivity index (χ0n) is 12.0. The molecular weight excluding hydrogens is 309 g/mol. The Bertz CT molecular complexity index is 706. The minimum atomic E-state index is -4.15. The lowest BCUT2D eigenvalue weighted by Gasteiger charge is -2.12. The lowest BCUT2D eigenvalue weighted by atomic mass is 10.1. The summed E-state index contributed by atoms with van der Waals surface area (Å²) < 4.78 is 46.8. The number of rotatable bonds is 7. The Balaban J connectivity index is 1.94. The summed E-state index contributed by atoms with van der Waals surface area (Å²) in [5.74, 6) is 0.653. The first-order valence-electron chi connectivity index (χ1n) is 6.57. The molecule has 0 fully saturated rings. The fourth-order valence-electron chi connectivity index (χ4n) is 1.82. The predicted octanol–water partition coefficient (Wildman–Crippen LogP) is 2.74. The molecule has 0 aliphatic rings. The maximum absolute atomic E-state index is 13.7. The minimum Gasteiger partial charge on any atom is -0.497 e. The van der Waals surface area contributed by atoms with Crippen molar-refractivity contribution in [1.29, 1.82) is 0 Å². The lowest BCUT2D eigenvalue weighted by molar-refractivity contribution is -0.203. The highest BCUT2D eigenvalue weighted by Crippen LogP contribution is 2.16. The molecule has 118 valence electrons. The molecular formula is C15H16FNO4S. The van der Waals surface area contributed by atoms with Gasteiger partial charge in [-0.15, -0.1) is 8.77 Å². The molecule has 0 aliphatic carbocycles. The van der Waals surface area contributed by atoms with Crippen LogP contribution in [0.25, 0.3) is 0 Å². The summed E-state index contributed by atoms with van der Waals surface area (Å²) in [4.78, 5) is -0.0981. The molecule has 2 aromatic rings. The summed E-state index contributed by atoms with van der Waals surface area (Å²) in [6.07, 6.45) is 0.276. The Kier molecular flexibility index (Phi) is 5.48. The van der Waals surface area contributed by atoms with E-state index in [0.29, 0.717) is 5.75 Å². The maximum Gasteiger partial charge on any atom is 0.315 e. The molecule has 22 heavy (non-hydrogen) atoms. The van der Waals surface area contributed by atoms with E-state index >= 15 is 0 Å². The van der Waals surface area contributed by atoms with Crippen LogP contribution in [-0.2, 0) is 20.8 Å². The second-order valence-electron chi connectivity index (χ2n) is 4.48. The number of benzene rings is 2. The summed E-state index contributed by atoms with van der Waals surface area (Å²) in [6, 6.07) is 14.5. The molecule has 2 rings (SSSR count). The van der Waals surface area contributed by atoms with Crippen LogP contribution in [-0.4, -0.2) is 27.4 Å². The molecule has 0 saturated carbocycles. The van der Waals surface area contributed by atoms with E-state index in [-0.39, 0.29) is 23.1 Å². The van der Waals surface area contributed by atoms with Crippen LogP contribution in [0.1, 0.15) is 5.56 Å². The van der Waals surface area contributed by atoms with Gasteiger partial charge in [0.25, 0.3) is 0 Å². The van der Waals surface area contributed by atoms with Gasteiger partial charge in [-0.05, 0) is 41.5 Å². The highest BCUT2D eigenvalue weighted by atomic mass is 32.2. The standard InChI is InChI=1S/C15H16FNO4S/c1-20-14-7-5-6-13(12-14)10-11-17(16)21-22(18,19)15-8-3-2-4-9-15/h2-9,12H,10-11H2,1H3. The monoisotopic (exact) mass is 325 g/mol. The van der Waals surface area contributed by atoms with Crippen LogP contribution in [0, 0.1) is 0 Å². The zero-order chi connectivity index (χ0) is 16.0. The van der Waals surface area contributed by atoms with E-state index in [1.165, 1.54) is 31.4 Å². The van der Waals surface area contributed by atoms with Crippen molar-refractivity contribution in [3.8, 4) is 5.75 Å². The highest BCUT2D eigenvalue weighted by molar-refractivity contribution is 7.86. The van der Waals surface area contributed by atoms with E-state index in [0.717, 1.165) is 5.56 Å². The highest BCUT2D eigenvalue weighted by Gasteiger charge is 2.20. The van der Waals surface area contributed by atoms with Gasteiger partial charge in [-0.25, -0.2) is 0 Å². The van der Waals surface area contributed by atoms with Crippen LogP contribution in [0.2, 0.25) is 0 Å². The third-order valence-corrected chi connectivity index (χ3v) is 4.13. The molecule has 0 spiro atoms. The molecule has 0 aliphatic heterocycles. The molecule has 0 radical (unpaired) electrons. The van der Waals surface area contributed by atoms with Gasteiger partial charge in [0.15, 0.2) is 0 Å². The number of hydrogen-bond donors (Lipinski definition) is 0. The van der Waals surface area contributed by atoms with E-state index in [4.69, 9.17) is 4.74 Å². The first kappa shape index (κ1) is 16.4. The Morgan fingerprint density at radius 2 is 1.82 bits per heavy atom. The first-order chi connectivity index (χ1) is 10.5. The average Bonchev–Trinajstić information content (AvgIpc) is 2.53. The summed E-state index contributed by atoms with van der Waals surface area (Å²) in [6.45, 7) is -0.223. The van der Waals surface area contributed by atoms with Crippen molar-refractivity contribution in [3.63, 3.8) is 0 Å². The fourth-order valence-corrected chi connectivity index (χ4v) is 2.68. The molecule has 0 unspecified atom stereocenters. The molecule has 0 heterocycles. The van der Waals surface area contributed by atoms with Crippen molar-refractivity contribution >= 4 is 10.1 Å². The zero-order valence-corrected chi connectivity index (χ0v) is 12.8. The fraction of sp³-hybridized carbons (Fsp3) is 0.200. The Hall–Kier alpha value is -1.96. The normalized spacial score (nSPS) is 11.6. The molecule has 0 N–H and O–H groups in total. The maximum atomic E-state index is 13.7. The van der Waals surface area contributed by atoms with Crippen LogP contribution in [0.5, 0.6) is 5.75 Å². The number of hydroxylamine groups is 1. The van der Waals surface area contributed by atoms with E-state index in [1.54, 1.807) is 30.3 Å². The SMILES string of the molecule is COc1cccc(CCN(F)OS(=O)(=O)c2ccccc2)c1. The average molecular weight is 325 g/mol. The van der Waals surface area contributed by atoms with Gasteiger partial charge in [-0.3, -0.25) is 0 Å². The summed E-state index contributed by atoms with van der Waals surface area (Å²) >= 11 is 0. The topological polar surface area (TPSA) is 55.8 Å². The van der Waals surface area contributed by atoms with E-state index in [2.05, 4.69) is 4.28 Å². The molecule has 7 heteroatoms. The van der Waals surface area contributed by atoms with Crippen LogP contribution >= 0.6 is 0 Å². The van der Waals surface area contributed by atoms with Gasteiger partial charge in [-0.2, -0.15) is 8.42 Å². The Morgan fingerprint density at radius 1 is 1.09 bits per heavy atom. The summed E-state index contributed by atoms with van der Waals surface area (Å²) in [5, 5.41) is -0.179. The Morgan fingerprint density at radius 3 is 2.50 bits per heavy atom. The second-order valence-corrected chi connectivity index (χ2v) is 6.01. The van der Waals surface area contributed by atoms with E-state index in [1.807, 2.05) is 0 Å². The van der Waals surface area contributed by atoms with Crippen molar-refractivity contribution in [3.05, 3.63) is 60.2 Å². The third-order valence-electron chi connectivity index (χ3n) is 2.92. The smallest absolute Gasteiger partial charge is 0.315 e. The second kappa shape index (κ2) is 7.35. The van der Waals surface area contributed by atoms with Gasteiger partial charge in [-0.1, -0.05) is 30.3 Å². The first-order valence-corrected chi connectivity index (χ1v) is 7.98. The number of nitrogens with zero attached hydrogens (tertiary/aromatic N) is 1. The van der Waals surface area contributed by atoms with Crippen molar-refractivity contribution in [2.45, 2.75) is 11.3 Å². The quantitative estimate of drug-likeness (QED) is 0.579. The van der Waals surface area contributed by atoms with Crippen molar-refractivity contribution in [1.82, 2.24) is 5.29 Å². The molecule has 0 saturated heterocycles. The Labute approximate surface area is 128 Å². The van der Waals surface area contributed by atoms with Crippen LogP contribution in [0.3, 0.4) is 0 Å². The predicted molar refractivity (Wildman–Crippen MR) is 79.2 cm³/mol. The molecule has 0 atom stereocenters. The lowest BCUT2D eigenvalue weighted by Crippen LogP contribution is -2.22. The van der Waals surface area contributed by atoms with Gasteiger partial charge < -0.3 is 4.74 Å². The molecule has 2 aromatic carbocycles. The molecule has 0 aromatic heterocycles. The number of halogens is 1. The number of methoxy groups -OCH3 is 1. The van der Waals surface area contributed by atoms with E-state index < -0.39 is 10.1 Å².